The predicted octanol–water partition coefficient (Wildman–Crippen LogP) is 2.84. The number of benzene rings is 2. The molecule has 5 heterocycles. The number of likely N-dealkylation sites (tertiary alicyclic amines) is 2. The van der Waals surface area contributed by atoms with Crippen molar-refractivity contribution in [2.75, 3.05) is 151 Å². The Morgan fingerprint density at radius 2 is 1.41 bits per heavy atom. The number of carbonyl (C=O) groups is 10. The minimum absolute atomic E-state index is 0.000723. The highest BCUT2D eigenvalue weighted by Crippen LogP contribution is 2.33. The number of hydrogen-bond donors (Lipinski definition) is 4. The first-order chi connectivity index (χ1) is 46.8. The SMILES string of the molecule is C#C[C@H]1CC(F)(F)CN1C(=O)CNC(=O)c1ccnc2ccc(OCCCCN3CCN(C(=O)CCCN4C(=O)CC(SC(CCCCCNC(=O)CCCc5ccc(C)cc5)CNC(=O)CN5CCN(COC=O)CCN(COC=O)CCN(CC(=O)O)CC5)C4=O)CC3)cc12. The van der Waals surface area contributed by atoms with Gasteiger partial charge in [-0.05, 0) is 88.2 Å². The Balaban J connectivity index is 0.840. The van der Waals surface area contributed by atoms with Crippen LogP contribution in [0.25, 0.3) is 10.9 Å². The molecule has 3 aromatic rings. The molecule has 26 nitrogen and oxygen atoms in total. The number of terminal acetylenes is 1. The van der Waals surface area contributed by atoms with Gasteiger partial charge in [-0.15, -0.1) is 18.2 Å². The molecule has 3 atom stereocenters. The number of halogens is 2. The molecule has 7 amide bonds. The van der Waals surface area contributed by atoms with Crippen molar-refractivity contribution in [2.45, 2.75) is 113 Å². The summed E-state index contributed by atoms with van der Waals surface area (Å²) < 4.78 is 44.1. The number of imide groups is 1. The number of piperazine rings is 1. The third-order valence-electron chi connectivity index (χ3n) is 17.7. The fourth-order valence-corrected chi connectivity index (χ4v) is 13.6. The quantitative estimate of drug-likeness (QED) is 0.0279. The highest BCUT2D eigenvalue weighted by molar-refractivity contribution is 8.01. The van der Waals surface area contributed by atoms with Crippen LogP contribution in [0.2, 0.25) is 0 Å². The van der Waals surface area contributed by atoms with Crippen molar-refractivity contribution < 1.29 is 76.0 Å². The molecule has 0 radical (unpaired) electrons. The van der Waals surface area contributed by atoms with Crippen molar-refractivity contribution in [3.63, 3.8) is 0 Å². The van der Waals surface area contributed by atoms with Crippen LogP contribution in [0, 0.1) is 19.3 Å². The average molecular weight is 1370 g/mol. The summed E-state index contributed by atoms with van der Waals surface area (Å²) in [6.45, 7) is 8.52. The van der Waals surface area contributed by atoms with Crippen LogP contribution in [0.15, 0.2) is 54.7 Å². The maximum absolute atomic E-state index is 14.0. The molecule has 0 spiro atoms. The number of amides is 7. The molecule has 530 valence electrons. The number of pyridine rings is 1. The Kier molecular flexibility index (Phi) is 31.6. The van der Waals surface area contributed by atoms with E-state index >= 15 is 0 Å². The van der Waals surface area contributed by atoms with Gasteiger partial charge in [0.1, 0.15) is 19.2 Å². The molecule has 2 unspecified atom stereocenters. The van der Waals surface area contributed by atoms with Gasteiger partial charge in [-0.2, -0.15) is 0 Å². The van der Waals surface area contributed by atoms with Crippen LogP contribution < -0.4 is 20.7 Å². The summed E-state index contributed by atoms with van der Waals surface area (Å²) in [5, 5.41) is 17.9. The van der Waals surface area contributed by atoms with E-state index in [0.717, 1.165) is 56.4 Å². The smallest absolute Gasteiger partial charge is 0.317 e. The Bertz CT molecular complexity index is 3160. The van der Waals surface area contributed by atoms with E-state index in [0.29, 0.717) is 141 Å². The lowest BCUT2D eigenvalue weighted by Crippen LogP contribution is -2.49. The van der Waals surface area contributed by atoms with Crippen molar-refractivity contribution in [3.05, 3.63) is 71.4 Å². The van der Waals surface area contributed by atoms with Crippen LogP contribution in [0.5, 0.6) is 5.75 Å². The maximum atomic E-state index is 14.0. The third-order valence-corrected chi connectivity index (χ3v) is 19.2. The number of carboxylic acid groups (broad SMARTS) is 1. The summed E-state index contributed by atoms with van der Waals surface area (Å²) in [5.41, 5.74) is 3.13. The standard InChI is InChI=1S/C68H94F2N12O14S/c1-3-53-41-68(69,70)46-82(53)64(89)43-74-66(92)56-21-23-71-58-20-19-54(39-57(56)58)96-38-8-7-24-75-34-36-80(37-35-75)62(87)14-10-25-81-63(88)40-59(67(81)93)97-55(12-5-4-6-22-72-60(85)13-9-11-52-17-15-51(2)16-18-52)42-73-61(86)44-76-26-27-77(45-65(90)91)29-31-79(48-95-50-84)33-32-78(30-28-76)47-94-49-83/h1,15-21,23,39,49-50,53,55,59H,4-14,22,24-38,40-48H2,2H3,(H,72,85)(H,73,86)(H,74,92)(H,90,91)/t53-,55?,59?/m0/s1. The molecular weight excluding hydrogens is 1280 g/mol. The van der Waals surface area contributed by atoms with Gasteiger partial charge >= 0.3 is 5.97 Å². The van der Waals surface area contributed by atoms with Gasteiger partial charge in [-0.3, -0.25) is 82.3 Å². The molecule has 97 heavy (non-hydrogen) atoms. The number of nitrogens with zero attached hydrogens (tertiary/aromatic N) is 9. The summed E-state index contributed by atoms with van der Waals surface area (Å²) >= 11 is 1.36. The summed E-state index contributed by atoms with van der Waals surface area (Å²) in [5.74, 6) is -3.66. The topological polar surface area (TPSA) is 294 Å². The molecule has 4 aliphatic heterocycles. The number of alkyl halides is 2. The number of aryl methyl sites for hydroxylation is 2. The second-order valence-corrected chi connectivity index (χ2v) is 26.5. The summed E-state index contributed by atoms with van der Waals surface area (Å²) in [7, 11) is 0. The Labute approximate surface area is 570 Å². The van der Waals surface area contributed by atoms with Crippen molar-refractivity contribution in [2.24, 2.45) is 0 Å². The van der Waals surface area contributed by atoms with E-state index in [1.807, 2.05) is 26.5 Å². The van der Waals surface area contributed by atoms with Crippen LogP contribution in [-0.4, -0.2) is 283 Å². The Morgan fingerprint density at radius 3 is 2.08 bits per heavy atom. The summed E-state index contributed by atoms with van der Waals surface area (Å²) in [6, 6.07) is 13.9. The van der Waals surface area contributed by atoms with Gasteiger partial charge in [0.05, 0.1) is 55.2 Å². The number of aromatic nitrogens is 1. The minimum atomic E-state index is -3.10. The molecule has 4 fully saturated rings. The van der Waals surface area contributed by atoms with Gasteiger partial charge in [0.15, 0.2) is 0 Å². The normalized spacial score (nSPS) is 18.9. The van der Waals surface area contributed by atoms with Crippen LogP contribution >= 0.6 is 11.8 Å². The van der Waals surface area contributed by atoms with Crippen molar-refractivity contribution in [1.82, 2.24) is 60.1 Å². The number of carbonyl (C=O) groups excluding carboxylic acids is 9. The molecule has 4 aliphatic rings. The van der Waals surface area contributed by atoms with Gasteiger partial charge in [-0.25, -0.2) is 8.78 Å². The van der Waals surface area contributed by atoms with E-state index in [1.165, 1.54) is 40.1 Å². The van der Waals surface area contributed by atoms with Gasteiger partial charge in [0.25, 0.3) is 24.8 Å². The number of carboxylic acids is 1. The lowest BCUT2D eigenvalue weighted by atomic mass is 10.1. The largest absolute Gasteiger partial charge is 0.494 e. The van der Waals surface area contributed by atoms with E-state index in [1.54, 1.807) is 23.1 Å². The first-order valence-electron chi connectivity index (χ1n) is 33.5. The predicted molar refractivity (Wildman–Crippen MR) is 358 cm³/mol. The van der Waals surface area contributed by atoms with Gasteiger partial charge < -0.3 is 45.1 Å². The number of aliphatic carboxylic acids is 1. The number of rotatable bonds is 37. The van der Waals surface area contributed by atoms with E-state index < -0.39 is 54.5 Å². The lowest BCUT2D eigenvalue weighted by molar-refractivity contribution is -0.140. The number of nitrogens with one attached hydrogen (secondary N) is 3. The van der Waals surface area contributed by atoms with Crippen LogP contribution in [0.1, 0.15) is 98.5 Å². The summed E-state index contributed by atoms with van der Waals surface area (Å²) in [4.78, 5) is 146. The first-order valence-corrected chi connectivity index (χ1v) is 34.5. The van der Waals surface area contributed by atoms with Crippen molar-refractivity contribution in [3.8, 4) is 18.1 Å². The molecule has 29 heteroatoms. The van der Waals surface area contributed by atoms with Crippen LogP contribution in [0.3, 0.4) is 0 Å². The molecule has 2 aromatic carbocycles. The van der Waals surface area contributed by atoms with Gasteiger partial charge in [0, 0.05) is 141 Å². The third kappa shape index (κ3) is 26.1. The van der Waals surface area contributed by atoms with Crippen molar-refractivity contribution >= 4 is 82.9 Å². The minimum Gasteiger partial charge on any atom is -0.494 e. The van der Waals surface area contributed by atoms with E-state index in [2.05, 4.69) is 56.0 Å². The van der Waals surface area contributed by atoms with E-state index in [-0.39, 0.29) is 92.8 Å². The highest BCUT2D eigenvalue weighted by Gasteiger charge is 2.46. The molecule has 7 rings (SSSR count). The molecular formula is C68H94F2N12O14S. The number of fused-ring (bicyclic) bond motifs is 1. The van der Waals surface area contributed by atoms with E-state index in [4.69, 9.17) is 20.6 Å². The fourth-order valence-electron chi connectivity index (χ4n) is 12.1. The lowest BCUT2D eigenvalue weighted by Gasteiger charge is -2.35. The first kappa shape index (κ1) is 76.5. The Morgan fingerprint density at radius 1 is 0.742 bits per heavy atom. The zero-order valence-corrected chi connectivity index (χ0v) is 56.4. The number of hydrogen-bond acceptors (Lipinski definition) is 20. The zero-order valence-electron chi connectivity index (χ0n) is 55.6. The summed E-state index contributed by atoms with van der Waals surface area (Å²) in [6.07, 6.45) is 13.0. The van der Waals surface area contributed by atoms with Crippen LogP contribution in [0.4, 0.5) is 8.78 Å². The second kappa shape index (κ2) is 40.1. The fraction of sp³-hybridized carbons (Fsp3) is 0.603. The molecule has 4 saturated heterocycles. The van der Waals surface area contributed by atoms with Gasteiger partial charge in [-0.1, -0.05) is 48.6 Å². The molecule has 0 bridgehead atoms. The number of ether oxygens (including phenoxy) is 3. The molecule has 0 saturated carbocycles. The van der Waals surface area contributed by atoms with Gasteiger partial charge in [0.2, 0.25) is 35.4 Å². The maximum Gasteiger partial charge on any atom is 0.317 e. The average Bonchev–Trinajstić information content (AvgIpc) is 1.81. The molecule has 0 aliphatic carbocycles. The van der Waals surface area contributed by atoms with Crippen LogP contribution in [-0.2, 0) is 59.0 Å². The van der Waals surface area contributed by atoms with E-state index in [9.17, 15) is 61.8 Å². The number of thioether (sulfide) groups is 1. The monoisotopic (exact) mass is 1370 g/mol. The van der Waals surface area contributed by atoms with Crippen molar-refractivity contribution in [1.29, 1.82) is 0 Å². The highest BCUT2D eigenvalue weighted by atomic mass is 32.2. The molecule has 4 N–H and O–H groups in total. The molecule has 1 aromatic heterocycles. The number of unbranched alkanes of at least 4 members (excludes halogenated alkanes) is 3. The second-order valence-electron chi connectivity index (χ2n) is 25.0. The zero-order chi connectivity index (χ0) is 69.5. The Hall–Kier alpha value is -7.88.